The van der Waals surface area contributed by atoms with Crippen molar-refractivity contribution in [3.63, 3.8) is 0 Å². The predicted molar refractivity (Wildman–Crippen MR) is 85.9 cm³/mol. The zero-order chi connectivity index (χ0) is 17.3. The fourth-order valence-corrected chi connectivity index (χ4v) is 3.46. The average Bonchev–Trinajstić information content (AvgIpc) is 3.23. The minimum Gasteiger partial charge on any atom is -0.480 e. The van der Waals surface area contributed by atoms with Crippen LogP contribution >= 0.6 is 11.3 Å². The number of amides is 1. The number of carboxylic acids is 1. The van der Waals surface area contributed by atoms with Crippen molar-refractivity contribution in [3.8, 4) is 10.6 Å². The number of rotatable bonds is 4. The molecule has 1 aromatic heterocycles. The Morgan fingerprint density at radius 2 is 2.21 bits per heavy atom. The van der Waals surface area contributed by atoms with Gasteiger partial charge in [-0.3, -0.25) is 14.9 Å². The number of carbonyl (C=O) groups excluding carboxylic acids is 1. The Balaban J connectivity index is 1.85. The molecule has 1 aliphatic rings. The molecule has 1 amide bonds. The Morgan fingerprint density at radius 3 is 2.92 bits per heavy atom. The summed E-state index contributed by atoms with van der Waals surface area (Å²) in [5, 5.41) is 22.0. The van der Waals surface area contributed by atoms with Crippen LogP contribution in [0.1, 0.15) is 23.3 Å². The Morgan fingerprint density at radius 1 is 1.42 bits per heavy atom. The fraction of sp³-hybridized carbons (Fsp3) is 0.267. The maximum atomic E-state index is 12.5. The molecule has 0 saturated carbocycles. The van der Waals surface area contributed by atoms with Crippen molar-refractivity contribution >= 4 is 28.9 Å². The summed E-state index contributed by atoms with van der Waals surface area (Å²) in [5.41, 5.74) is 0.653. The summed E-state index contributed by atoms with van der Waals surface area (Å²) in [4.78, 5) is 39.6. The lowest BCUT2D eigenvalue weighted by atomic mass is 10.2. The highest BCUT2D eigenvalue weighted by molar-refractivity contribution is 7.13. The number of nitro benzene ring substituents is 1. The second kappa shape index (κ2) is 6.36. The summed E-state index contributed by atoms with van der Waals surface area (Å²) in [6, 6.07) is 5.18. The number of carboxylic acid groups (broad SMARTS) is 1. The summed E-state index contributed by atoms with van der Waals surface area (Å²) >= 11 is 1.19. The van der Waals surface area contributed by atoms with Gasteiger partial charge in [-0.1, -0.05) is 12.1 Å². The maximum absolute atomic E-state index is 12.5. The highest BCUT2D eigenvalue weighted by atomic mass is 32.1. The van der Waals surface area contributed by atoms with E-state index >= 15 is 0 Å². The second-order valence-corrected chi connectivity index (χ2v) is 6.20. The normalized spacial score (nSPS) is 17.0. The van der Waals surface area contributed by atoms with E-state index in [9.17, 15) is 19.7 Å². The van der Waals surface area contributed by atoms with Crippen molar-refractivity contribution in [1.29, 1.82) is 0 Å². The van der Waals surface area contributed by atoms with Crippen LogP contribution < -0.4 is 0 Å². The number of non-ortho nitro benzene ring substituents is 1. The molecule has 2 heterocycles. The number of aliphatic carboxylic acids is 1. The van der Waals surface area contributed by atoms with E-state index in [1.807, 2.05) is 0 Å². The Kier molecular flexibility index (Phi) is 4.26. The Hall–Kier alpha value is -2.81. The third kappa shape index (κ3) is 2.98. The van der Waals surface area contributed by atoms with E-state index in [1.165, 1.54) is 28.4 Å². The van der Waals surface area contributed by atoms with Crippen molar-refractivity contribution in [2.45, 2.75) is 18.9 Å². The lowest BCUT2D eigenvalue weighted by Crippen LogP contribution is -2.40. The summed E-state index contributed by atoms with van der Waals surface area (Å²) in [7, 11) is 0. The van der Waals surface area contributed by atoms with Crippen LogP contribution in [0.15, 0.2) is 29.6 Å². The molecule has 1 saturated heterocycles. The van der Waals surface area contributed by atoms with E-state index in [2.05, 4.69) is 4.98 Å². The smallest absolute Gasteiger partial charge is 0.326 e. The van der Waals surface area contributed by atoms with Crippen LogP contribution in [0.5, 0.6) is 0 Å². The molecule has 1 aliphatic heterocycles. The fourth-order valence-electron chi connectivity index (χ4n) is 2.67. The van der Waals surface area contributed by atoms with E-state index in [0.29, 0.717) is 30.0 Å². The molecule has 1 N–H and O–H groups in total. The molecule has 0 aliphatic carbocycles. The van der Waals surface area contributed by atoms with E-state index in [1.54, 1.807) is 17.5 Å². The number of hydrogen-bond donors (Lipinski definition) is 1. The molecule has 1 aromatic carbocycles. The van der Waals surface area contributed by atoms with Crippen molar-refractivity contribution < 1.29 is 19.6 Å². The van der Waals surface area contributed by atoms with Gasteiger partial charge in [-0.05, 0) is 12.8 Å². The van der Waals surface area contributed by atoms with Gasteiger partial charge in [0.1, 0.15) is 16.7 Å². The largest absolute Gasteiger partial charge is 0.480 e. The zero-order valence-electron chi connectivity index (χ0n) is 12.4. The van der Waals surface area contributed by atoms with Gasteiger partial charge in [0.15, 0.2) is 0 Å². The van der Waals surface area contributed by atoms with Crippen LogP contribution in [0, 0.1) is 10.1 Å². The average molecular weight is 347 g/mol. The third-order valence-electron chi connectivity index (χ3n) is 3.83. The van der Waals surface area contributed by atoms with Crippen molar-refractivity contribution in [2.24, 2.45) is 0 Å². The quantitative estimate of drug-likeness (QED) is 0.671. The number of aromatic nitrogens is 1. The Bertz CT molecular complexity index is 819. The summed E-state index contributed by atoms with van der Waals surface area (Å²) < 4.78 is 0. The molecule has 8 nitrogen and oxygen atoms in total. The molecule has 24 heavy (non-hydrogen) atoms. The lowest BCUT2D eigenvalue weighted by molar-refractivity contribution is -0.384. The zero-order valence-corrected chi connectivity index (χ0v) is 13.2. The van der Waals surface area contributed by atoms with E-state index < -0.39 is 22.8 Å². The molecular formula is C15H13N3O5S. The highest BCUT2D eigenvalue weighted by Gasteiger charge is 2.35. The number of carbonyl (C=O) groups is 2. The number of likely N-dealkylation sites (tertiary alicyclic amines) is 1. The van der Waals surface area contributed by atoms with Crippen LogP contribution in [-0.2, 0) is 4.79 Å². The summed E-state index contributed by atoms with van der Waals surface area (Å²) in [6.07, 6.45) is 1.08. The number of nitro groups is 1. The minimum atomic E-state index is -1.02. The van der Waals surface area contributed by atoms with Gasteiger partial charge in [0, 0.05) is 29.6 Å². The maximum Gasteiger partial charge on any atom is 0.326 e. The topological polar surface area (TPSA) is 114 Å². The Labute approximate surface area is 140 Å². The van der Waals surface area contributed by atoms with Gasteiger partial charge in [-0.2, -0.15) is 0 Å². The lowest BCUT2D eigenvalue weighted by Gasteiger charge is -2.20. The molecule has 0 radical (unpaired) electrons. The first kappa shape index (κ1) is 16.1. The van der Waals surface area contributed by atoms with Crippen LogP contribution in [0.4, 0.5) is 5.69 Å². The number of thiazole rings is 1. The van der Waals surface area contributed by atoms with Crippen molar-refractivity contribution in [3.05, 3.63) is 45.5 Å². The van der Waals surface area contributed by atoms with Crippen LogP contribution in [0.2, 0.25) is 0 Å². The van der Waals surface area contributed by atoms with Gasteiger partial charge in [0.2, 0.25) is 0 Å². The monoisotopic (exact) mass is 347 g/mol. The van der Waals surface area contributed by atoms with Gasteiger partial charge in [0.05, 0.1) is 4.92 Å². The van der Waals surface area contributed by atoms with Crippen molar-refractivity contribution in [2.75, 3.05) is 6.54 Å². The number of benzene rings is 1. The van der Waals surface area contributed by atoms with Gasteiger partial charge >= 0.3 is 5.97 Å². The van der Waals surface area contributed by atoms with Gasteiger partial charge < -0.3 is 10.0 Å². The highest BCUT2D eigenvalue weighted by Crippen LogP contribution is 2.28. The molecule has 9 heteroatoms. The predicted octanol–water partition coefficient (Wildman–Crippen LogP) is 2.41. The van der Waals surface area contributed by atoms with Gasteiger partial charge in [0.25, 0.3) is 11.6 Å². The molecule has 0 spiro atoms. The first-order valence-electron chi connectivity index (χ1n) is 7.21. The standard InChI is InChI=1S/C15H13N3O5S/c19-14(17-6-2-5-12(17)15(20)21)11-8-24-13(16-11)9-3-1-4-10(7-9)18(22)23/h1,3-4,7-8,12H,2,5-6H2,(H,20,21)/t12-/m1/s1. The molecule has 3 rings (SSSR count). The first-order chi connectivity index (χ1) is 11.5. The summed E-state index contributed by atoms with van der Waals surface area (Å²) in [6.45, 7) is 0.388. The number of hydrogen-bond acceptors (Lipinski definition) is 6. The minimum absolute atomic E-state index is 0.0546. The molecule has 0 bridgehead atoms. The van der Waals surface area contributed by atoms with Gasteiger partial charge in [-0.25, -0.2) is 9.78 Å². The van der Waals surface area contributed by atoms with E-state index in [4.69, 9.17) is 5.11 Å². The SMILES string of the molecule is O=C(O)[C@H]1CCCN1C(=O)c1csc(-c2cccc([N+](=O)[O-])c2)n1. The van der Waals surface area contributed by atoms with Crippen LogP contribution in [-0.4, -0.2) is 44.4 Å². The van der Waals surface area contributed by atoms with E-state index in [0.717, 1.165) is 0 Å². The molecule has 124 valence electrons. The molecule has 2 aromatic rings. The molecule has 1 atom stereocenters. The third-order valence-corrected chi connectivity index (χ3v) is 4.72. The second-order valence-electron chi connectivity index (χ2n) is 5.34. The van der Waals surface area contributed by atoms with Crippen molar-refractivity contribution in [1.82, 2.24) is 9.88 Å². The van der Waals surface area contributed by atoms with Crippen LogP contribution in [0.3, 0.4) is 0 Å². The molecule has 1 fully saturated rings. The number of nitrogens with zero attached hydrogens (tertiary/aromatic N) is 3. The summed E-state index contributed by atoms with van der Waals surface area (Å²) in [5.74, 6) is -1.44. The van der Waals surface area contributed by atoms with E-state index in [-0.39, 0.29) is 11.4 Å². The van der Waals surface area contributed by atoms with Gasteiger partial charge in [-0.15, -0.1) is 11.3 Å². The first-order valence-corrected chi connectivity index (χ1v) is 8.09. The molecule has 0 unspecified atom stereocenters. The molecular weight excluding hydrogens is 334 g/mol. The van der Waals surface area contributed by atoms with Crippen LogP contribution in [0.25, 0.3) is 10.6 Å².